The van der Waals surface area contributed by atoms with Crippen LogP contribution in [0, 0.1) is 0 Å². The molecule has 6 heteroatoms. The zero-order valence-electron chi connectivity index (χ0n) is 15.2. The van der Waals surface area contributed by atoms with Gasteiger partial charge in [0.1, 0.15) is 0 Å². The Balaban J connectivity index is 1.68. The Labute approximate surface area is 153 Å². The molecule has 1 aliphatic carbocycles. The maximum absolute atomic E-state index is 9.72. The summed E-state index contributed by atoms with van der Waals surface area (Å²) in [5.41, 5.74) is 4.74. The monoisotopic (exact) mass is 356 g/mol. The maximum Gasteiger partial charge on any atom is 0.0866 e. The summed E-state index contributed by atoms with van der Waals surface area (Å²) in [4.78, 5) is 2.44. The molecule has 5 rings (SSSR count). The van der Waals surface area contributed by atoms with Crippen molar-refractivity contribution >= 4 is 22.3 Å². The molecule has 1 unspecified atom stereocenters. The number of aromatic nitrogens is 2. The topological polar surface area (TPSA) is 73.4 Å². The first-order valence-corrected chi connectivity index (χ1v) is 10.1. The number of aliphatic hydroxyl groups excluding tert-OH is 1. The minimum absolute atomic E-state index is 0.116. The Morgan fingerprint density at radius 3 is 2.92 bits per heavy atom. The lowest BCUT2D eigenvalue weighted by Gasteiger charge is -2.48. The van der Waals surface area contributed by atoms with E-state index in [9.17, 15) is 5.11 Å². The standard InChI is InChI=1S/C20H28N4O2/c25-9-8-24-15-6-2-1-5-14(15)22-20-16(24)11-13-12-21-23-19(13)18(20)17-7-3-4-10-26-17/h11-12,14-15,17,22,25H,1-10H2,(H,21,23)/t14-,15+,17?/m1/s1. The van der Waals surface area contributed by atoms with Gasteiger partial charge in [0, 0.05) is 36.2 Å². The number of aliphatic hydroxyl groups is 1. The van der Waals surface area contributed by atoms with E-state index < -0.39 is 0 Å². The number of nitrogens with one attached hydrogen (secondary N) is 2. The van der Waals surface area contributed by atoms with Gasteiger partial charge >= 0.3 is 0 Å². The second kappa shape index (κ2) is 6.74. The molecule has 0 spiro atoms. The number of rotatable bonds is 3. The van der Waals surface area contributed by atoms with E-state index in [-0.39, 0.29) is 12.7 Å². The first kappa shape index (κ1) is 16.4. The average molecular weight is 356 g/mol. The highest BCUT2D eigenvalue weighted by atomic mass is 16.5. The molecular weight excluding hydrogens is 328 g/mol. The molecule has 0 amide bonds. The Morgan fingerprint density at radius 2 is 2.08 bits per heavy atom. The number of hydrogen-bond donors (Lipinski definition) is 3. The van der Waals surface area contributed by atoms with Crippen LogP contribution in [0.15, 0.2) is 12.3 Å². The van der Waals surface area contributed by atoms with E-state index in [2.05, 4.69) is 26.5 Å². The van der Waals surface area contributed by atoms with E-state index in [1.165, 1.54) is 49.0 Å². The Hall–Kier alpha value is -1.79. The molecule has 2 aliphatic heterocycles. The minimum Gasteiger partial charge on any atom is -0.395 e. The third-order valence-electron chi connectivity index (χ3n) is 6.37. The largest absolute Gasteiger partial charge is 0.395 e. The number of fused-ring (bicyclic) bond motifs is 3. The number of aromatic amines is 1. The zero-order chi connectivity index (χ0) is 17.5. The van der Waals surface area contributed by atoms with Gasteiger partial charge in [-0.3, -0.25) is 5.10 Å². The van der Waals surface area contributed by atoms with Gasteiger partial charge in [-0.1, -0.05) is 12.8 Å². The summed E-state index contributed by atoms with van der Waals surface area (Å²) in [5, 5.41) is 22.3. The van der Waals surface area contributed by atoms with Gasteiger partial charge in [-0.15, -0.1) is 0 Å². The molecule has 3 aliphatic rings. The van der Waals surface area contributed by atoms with Gasteiger partial charge < -0.3 is 20.1 Å². The van der Waals surface area contributed by atoms with Crippen molar-refractivity contribution in [2.24, 2.45) is 0 Å². The lowest BCUT2D eigenvalue weighted by molar-refractivity contribution is 0.0161. The molecule has 1 saturated heterocycles. The van der Waals surface area contributed by atoms with Gasteiger partial charge in [0.05, 0.1) is 35.8 Å². The SMILES string of the molecule is OCCN1c2cc3cn[nH]c3c(C3CCCCO3)c2N[C@@H]2CCCC[C@@H]21. The molecule has 1 aromatic heterocycles. The van der Waals surface area contributed by atoms with Gasteiger partial charge in [-0.05, 0) is 38.2 Å². The van der Waals surface area contributed by atoms with Crippen LogP contribution in [0.5, 0.6) is 0 Å². The number of β-amino-alcohol motifs (C(OH)–C–C–N with tert-alkyl or cyclic N) is 1. The molecule has 0 bridgehead atoms. The third kappa shape index (κ3) is 2.58. The van der Waals surface area contributed by atoms with Crippen LogP contribution in [-0.2, 0) is 4.74 Å². The number of ether oxygens (including phenoxy) is 1. The fourth-order valence-electron chi connectivity index (χ4n) is 5.18. The van der Waals surface area contributed by atoms with Gasteiger partial charge in [0.15, 0.2) is 0 Å². The molecule has 140 valence electrons. The van der Waals surface area contributed by atoms with Crippen LogP contribution in [0.4, 0.5) is 11.4 Å². The molecule has 1 aromatic carbocycles. The van der Waals surface area contributed by atoms with E-state index >= 15 is 0 Å². The van der Waals surface area contributed by atoms with Crippen molar-refractivity contribution in [2.75, 3.05) is 30.0 Å². The summed E-state index contributed by atoms with van der Waals surface area (Å²) < 4.78 is 6.18. The van der Waals surface area contributed by atoms with Crippen LogP contribution in [0.25, 0.3) is 10.9 Å². The van der Waals surface area contributed by atoms with Crippen LogP contribution in [0.1, 0.15) is 56.6 Å². The fraction of sp³-hybridized carbons (Fsp3) is 0.650. The highest BCUT2D eigenvalue weighted by Crippen LogP contribution is 2.47. The highest BCUT2D eigenvalue weighted by molar-refractivity contribution is 5.95. The second-order valence-corrected chi connectivity index (χ2v) is 7.89. The summed E-state index contributed by atoms with van der Waals surface area (Å²) in [5.74, 6) is 0. The molecule has 3 atom stereocenters. The Kier molecular flexibility index (Phi) is 4.25. The second-order valence-electron chi connectivity index (χ2n) is 7.89. The molecule has 26 heavy (non-hydrogen) atoms. The van der Waals surface area contributed by atoms with Crippen LogP contribution in [0.3, 0.4) is 0 Å². The lowest BCUT2D eigenvalue weighted by atomic mass is 9.85. The van der Waals surface area contributed by atoms with Crippen molar-refractivity contribution < 1.29 is 9.84 Å². The molecule has 1 saturated carbocycles. The van der Waals surface area contributed by atoms with Crippen molar-refractivity contribution in [3.63, 3.8) is 0 Å². The predicted octanol–water partition coefficient (Wildman–Crippen LogP) is 3.34. The van der Waals surface area contributed by atoms with E-state index in [4.69, 9.17) is 4.74 Å². The first-order chi connectivity index (χ1) is 12.9. The van der Waals surface area contributed by atoms with Gasteiger partial charge in [-0.2, -0.15) is 5.10 Å². The van der Waals surface area contributed by atoms with Gasteiger partial charge in [0.2, 0.25) is 0 Å². The van der Waals surface area contributed by atoms with Crippen molar-refractivity contribution in [3.05, 3.63) is 17.8 Å². The lowest BCUT2D eigenvalue weighted by Crippen LogP contribution is -2.53. The molecule has 2 fully saturated rings. The Morgan fingerprint density at radius 1 is 1.19 bits per heavy atom. The quantitative estimate of drug-likeness (QED) is 0.787. The molecule has 3 N–H and O–H groups in total. The van der Waals surface area contributed by atoms with Gasteiger partial charge in [0.25, 0.3) is 0 Å². The number of nitrogens with zero attached hydrogens (tertiary/aromatic N) is 2. The highest BCUT2D eigenvalue weighted by Gasteiger charge is 2.38. The van der Waals surface area contributed by atoms with Crippen molar-refractivity contribution in [3.8, 4) is 0 Å². The molecule has 6 nitrogen and oxygen atoms in total. The van der Waals surface area contributed by atoms with Gasteiger partial charge in [-0.25, -0.2) is 0 Å². The number of benzene rings is 1. The van der Waals surface area contributed by atoms with Crippen LogP contribution in [-0.4, -0.2) is 47.1 Å². The number of H-pyrrole nitrogens is 1. The van der Waals surface area contributed by atoms with E-state index in [1.54, 1.807) is 0 Å². The van der Waals surface area contributed by atoms with E-state index in [0.717, 1.165) is 30.4 Å². The van der Waals surface area contributed by atoms with E-state index in [0.29, 0.717) is 18.6 Å². The summed E-state index contributed by atoms with van der Waals surface area (Å²) in [6.07, 6.45) is 10.4. The van der Waals surface area contributed by atoms with Crippen LogP contribution in [0.2, 0.25) is 0 Å². The molecule has 2 aromatic rings. The minimum atomic E-state index is 0.116. The number of anilines is 2. The fourth-order valence-corrected chi connectivity index (χ4v) is 5.18. The van der Waals surface area contributed by atoms with Crippen molar-refractivity contribution in [2.45, 2.75) is 63.1 Å². The Bertz CT molecular complexity index is 783. The summed E-state index contributed by atoms with van der Waals surface area (Å²) in [7, 11) is 0. The van der Waals surface area contributed by atoms with Crippen molar-refractivity contribution in [1.82, 2.24) is 10.2 Å². The molecular formula is C20H28N4O2. The number of hydrogen-bond acceptors (Lipinski definition) is 5. The molecule has 3 heterocycles. The molecule has 0 radical (unpaired) electrons. The van der Waals surface area contributed by atoms with Crippen molar-refractivity contribution in [1.29, 1.82) is 0 Å². The third-order valence-corrected chi connectivity index (χ3v) is 6.37. The summed E-state index contributed by atoms with van der Waals surface area (Å²) >= 11 is 0. The normalized spacial score (nSPS) is 28.5. The average Bonchev–Trinajstić information content (AvgIpc) is 3.15. The predicted molar refractivity (Wildman–Crippen MR) is 103 cm³/mol. The van der Waals surface area contributed by atoms with E-state index in [1.807, 2.05) is 6.20 Å². The van der Waals surface area contributed by atoms with Crippen LogP contribution < -0.4 is 10.2 Å². The zero-order valence-corrected chi connectivity index (χ0v) is 15.2. The smallest absolute Gasteiger partial charge is 0.0866 e. The van der Waals surface area contributed by atoms with Crippen LogP contribution >= 0.6 is 0 Å². The summed E-state index contributed by atoms with van der Waals surface area (Å²) in [6, 6.07) is 3.15. The maximum atomic E-state index is 9.72. The summed E-state index contributed by atoms with van der Waals surface area (Å²) in [6.45, 7) is 1.70. The first-order valence-electron chi connectivity index (χ1n) is 10.1.